The van der Waals surface area contributed by atoms with Crippen LogP contribution in [0.4, 0.5) is 0 Å². The number of fused-ring (bicyclic) bond motifs is 1. The largest absolute Gasteiger partial charge is 0.387 e. The first-order valence-electron chi connectivity index (χ1n) is 8.24. The third kappa shape index (κ3) is 2.98. The van der Waals surface area contributed by atoms with Crippen molar-refractivity contribution in [3.05, 3.63) is 41.9 Å². The van der Waals surface area contributed by atoms with E-state index in [1.54, 1.807) is 28.9 Å². The summed E-state index contributed by atoms with van der Waals surface area (Å²) in [6, 6.07) is 6.80. The first-order valence-corrected chi connectivity index (χ1v) is 10.5. The lowest BCUT2D eigenvalue weighted by atomic mass is 10.2. The van der Waals surface area contributed by atoms with E-state index < -0.39 is 16.1 Å². The summed E-state index contributed by atoms with van der Waals surface area (Å²) >= 11 is 1.16. The van der Waals surface area contributed by atoms with E-state index >= 15 is 0 Å². The van der Waals surface area contributed by atoms with Gasteiger partial charge in [0.1, 0.15) is 4.21 Å². The molecule has 8 nitrogen and oxygen atoms in total. The minimum Gasteiger partial charge on any atom is -0.387 e. The van der Waals surface area contributed by atoms with Crippen molar-refractivity contribution in [2.45, 2.75) is 36.7 Å². The number of hydrogen-bond donors (Lipinski definition) is 1. The predicted octanol–water partition coefficient (Wildman–Crippen LogP) is 2.25. The van der Waals surface area contributed by atoms with Crippen molar-refractivity contribution >= 4 is 21.4 Å². The van der Waals surface area contributed by atoms with Gasteiger partial charge in [-0.05, 0) is 24.6 Å². The highest BCUT2D eigenvalue weighted by Gasteiger charge is 2.31. The summed E-state index contributed by atoms with van der Waals surface area (Å²) in [5, 5.41) is 18.0. The van der Waals surface area contributed by atoms with Crippen LogP contribution in [0.3, 0.4) is 0 Å². The maximum absolute atomic E-state index is 13.0. The van der Waals surface area contributed by atoms with Crippen LogP contribution in [0.15, 0.2) is 39.2 Å². The molecule has 1 aliphatic rings. The van der Waals surface area contributed by atoms with Crippen LogP contribution in [0.2, 0.25) is 0 Å². The Morgan fingerprint density at radius 2 is 2.19 bits per heavy atom. The highest BCUT2D eigenvalue weighted by Crippen LogP contribution is 2.33. The average Bonchev–Trinajstić information content (AvgIpc) is 3.39. The Morgan fingerprint density at radius 1 is 1.35 bits per heavy atom. The lowest BCUT2D eigenvalue weighted by Crippen LogP contribution is -2.38. The molecule has 0 spiro atoms. The molecule has 0 fully saturated rings. The third-order valence-corrected chi connectivity index (χ3v) is 7.78. The van der Waals surface area contributed by atoms with Gasteiger partial charge in [0.2, 0.25) is 0 Å². The zero-order valence-electron chi connectivity index (χ0n) is 14.1. The first-order chi connectivity index (χ1) is 12.5. The molecule has 0 amide bonds. The molecule has 10 heteroatoms. The number of sulfonamides is 1. The van der Waals surface area contributed by atoms with E-state index in [4.69, 9.17) is 4.52 Å². The zero-order valence-corrected chi connectivity index (χ0v) is 15.7. The van der Waals surface area contributed by atoms with Gasteiger partial charge >= 0.3 is 0 Å². The minimum absolute atomic E-state index is 0.237. The molecule has 0 radical (unpaired) electrons. The van der Waals surface area contributed by atoms with E-state index in [-0.39, 0.29) is 10.8 Å². The fraction of sp³-hybridized carbons (Fsp3) is 0.375. The monoisotopic (exact) mass is 394 g/mol. The number of hydrogen-bond acceptors (Lipinski definition) is 7. The van der Waals surface area contributed by atoms with E-state index in [2.05, 4.69) is 10.3 Å². The Balaban J connectivity index is 1.58. The Labute approximate surface area is 154 Å². The summed E-state index contributed by atoms with van der Waals surface area (Å²) in [6.45, 7) is 2.92. The Hall–Kier alpha value is -2.01. The summed E-state index contributed by atoms with van der Waals surface area (Å²) in [5.41, 5.74) is 1.37. The van der Waals surface area contributed by atoms with Gasteiger partial charge in [0.05, 0.1) is 41.7 Å². The topological polar surface area (TPSA) is 101 Å². The molecular weight excluding hydrogens is 376 g/mol. The van der Waals surface area contributed by atoms with Crippen molar-refractivity contribution in [2.24, 2.45) is 0 Å². The molecular formula is C16H18N4O4S2. The van der Waals surface area contributed by atoms with Crippen molar-refractivity contribution < 1.29 is 18.0 Å². The van der Waals surface area contributed by atoms with Gasteiger partial charge in [0.25, 0.3) is 10.0 Å². The highest BCUT2D eigenvalue weighted by atomic mass is 32.2. The van der Waals surface area contributed by atoms with Crippen molar-refractivity contribution in [1.82, 2.24) is 19.2 Å². The van der Waals surface area contributed by atoms with Crippen molar-refractivity contribution in [3.8, 4) is 10.6 Å². The molecule has 1 atom stereocenters. The Bertz CT molecular complexity index is 1010. The molecule has 1 N–H and O–H groups in total. The first kappa shape index (κ1) is 17.4. The van der Waals surface area contributed by atoms with E-state index in [0.29, 0.717) is 31.0 Å². The molecule has 0 aromatic carbocycles. The second-order valence-corrected chi connectivity index (χ2v) is 9.29. The maximum Gasteiger partial charge on any atom is 0.252 e. The van der Waals surface area contributed by atoms with Gasteiger partial charge in [-0.3, -0.25) is 4.68 Å². The molecule has 3 aromatic heterocycles. The number of nitrogens with zero attached hydrogens (tertiary/aromatic N) is 4. The van der Waals surface area contributed by atoms with Gasteiger partial charge in [-0.15, -0.1) is 11.3 Å². The average molecular weight is 394 g/mol. The molecule has 0 unspecified atom stereocenters. The van der Waals surface area contributed by atoms with Gasteiger partial charge in [-0.1, -0.05) is 12.1 Å². The standard InChI is InChI=1S/C16H18N4O4S2/c1-2-13(21)12-9-11-10-19(7-8-20(11)18-12)26(22,23)16-4-3-15(25-16)14-5-6-17-24-14/h3-6,9,13,21H,2,7-8,10H2,1H3/t13-/m1/s1. The lowest BCUT2D eigenvalue weighted by Gasteiger charge is -2.26. The summed E-state index contributed by atoms with van der Waals surface area (Å²) in [4.78, 5) is 0.719. The molecule has 4 heterocycles. The molecule has 3 aromatic rings. The number of aliphatic hydroxyl groups excluding tert-OH is 1. The molecule has 138 valence electrons. The Morgan fingerprint density at radius 3 is 2.92 bits per heavy atom. The van der Waals surface area contributed by atoms with E-state index in [1.165, 1.54) is 10.5 Å². The quantitative estimate of drug-likeness (QED) is 0.712. The van der Waals surface area contributed by atoms with Crippen molar-refractivity contribution in [2.75, 3.05) is 6.54 Å². The van der Waals surface area contributed by atoms with E-state index in [1.807, 2.05) is 6.92 Å². The number of aromatic nitrogens is 3. The van der Waals surface area contributed by atoms with E-state index in [0.717, 1.165) is 21.9 Å². The van der Waals surface area contributed by atoms with Crippen LogP contribution in [0, 0.1) is 0 Å². The van der Waals surface area contributed by atoms with Gasteiger partial charge in [0, 0.05) is 12.6 Å². The third-order valence-electron chi connectivity index (χ3n) is 4.37. The summed E-state index contributed by atoms with van der Waals surface area (Å²) in [5.74, 6) is 0.548. The summed E-state index contributed by atoms with van der Waals surface area (Å²) in [7, 11) is -3.61. The van der Waals surface area contributed by atoms with Crippen molar-refractivity contribution in [1.29, 1.82) is 0 Å². The SMILES string of the molecule is CC[C@@H](O)c1cc2n(n1)CCN(S(=O)(=O)c1ccc(-c3ccno3)s1)C2. The van der Waals surface area contributed by atoms with Crippen LogP contribution in [0.1, 0.15) is 30.8 Å². The molecule has 0 bridgehead atoms. The van der Waals surface area contributed by atoms with Crippen LogP contribution in [-0.2, 0) is 23.1 Å². The molecule has 0 saturated carbocycles. The van der Waals surface area contributed by atoms with Crippen LogP contribution in [0.25, 0.3) is 10.6 Å². The van der Waals surface area contributed by atoms with Crippen LogP contribution < -0.4 is 0 Å². The van der Waals surface area contributed by atoms with Gasteiger partial charge in [-0.25, -0.2) is 8.42 Å². The Kier molecular flexibility index (Phi) is 4.43. The normalized spacial score (nSPS) is 16.5. The van der Waals surface area contributed by atoms with E-state index in [9.17, 15) is 13.5 Å². The smallest absolute Gasteiger partial charge is 0.252 e. The van der Waals surface area contributed by atoms with Gasteiger partial charge in [0.15, 0.2) is 5.76 Å². The van der Waals surface area contributed by atoms with Crippen LogP contribution in [0.5, 0.6) is 0 Å². The highest BCUT2D eigenvalue weighted by molar-refractivity contribution is 7.91. The van der Waals surface area contributed by atoms with Crippen molar-refractivity contribution in [3.63, 3.8) is 0 Å². The lowest BCUT2D eigenvalue weighted by molar-refractivity contribution is 0.167. The number of thiophene rings is 1. The minimum atomic E-state index is -3.61. The van der Waals surface area contributed by atoms with Crippen LogP contribution >= 0.6 is 11.3 Å². The molecule has 26 heavy (non-hydrogen) atoms. The second kappa shape index (κ2) is 6.62. The maximum atomic E-state index is 13.0. The summed E-state index contributed by atoms with van der Waals surface area (Å²) < 4.78 is 34.6. The van der Waals surface area contributed by atoms with Gasteiger partial charge < -0.3 is 9.63 Å². The predicted molar refractivity (Wildman–Crippen MR) is 94.9 cm³/mol. The fourth-order valence-electron chi connectivity index (χ4n) is 2.90. The number of aliphatic hydroxyl groups is 1. The molecule has 1 aliphatic heterocycles. The fourth-order valence-corrected chi connectivity index (χ4v) is 5.72. The second-order valence-electron chi connectivity index (χ2n) is 6.04. The zero-order chi connectivity index (χ0) is 18.3. The number of rotatable bonds is 5. The van der Waals surface area contributed by atoms with Gasteiger partial charge in [-0.2, -0.15) is 9.40 Å². The molecule has 0 aliphatic carbocycles. The molecule has 0 saturated heterocycles. The molecule has 4 rings (SSSR count). The summed E-state index contributed by atoms with van der Waals surface area (Å²) in [6.07, 6.45) is 1.47. The van der Waals surface area contributed by atoms with Crippen LogP contribution in [-0.4, -0.2) is 39.3 Å².